The number of hydrogen-bond donors (Lipinski definition) is 1. The highest BCUT2D eigenvalue weighted by atomic mass is 32.1. The summed E-state index contributed by atoms with van der Waals surface area (Å²) < 4.78 is 5.19. The summed E-state index contributed by atoms with van der Waals surface area (Å²) in [7, 11) is 5.75. The largest absolute Gasteiger partial charge is 0.497 e. The topological polar surface area (TPSA) is 37.4 Å². The third-order valence-electron chi connectivity index (χ3n) is 3.73. The van der Waals surface area contributed by atoms with Gasteiger partial charge in [-0.25, -0.2) is 4.98 Å². The zero-order valence-electron chi connectivity index (χ0n) is 14.1. The van der Waals surface area contributed by atoms with Gasteiger partial charge >= 0.3 is 0 Å². The van der Waals surface area contributed by atoms with E-state index in [1.165, 1.54) is 11.3 Å². The van der Waals surface area contributed by atoms with Crippen LogP contribution in [0.1, 0.15) is 11.3 Å². The van der Waals surface area contributed by atoms with Gasteiger partial charge in [-0.1, -0.05) is 12.1 Å². The lowest BCUT2D eigenvalue weighted by molar-refractivity contribution is 0.414. The van der Waals surface area contributed by atoms with Gasteiger partial charge in [-0.05, 0) is 42.0 Å². The van der Waals surface area contributed by atoms with Gasteiger partial charge in [0.05, 0.1) is 12.8 Å². The van der Waals surface area contributed by atoms with E-state index in [-0.39, 0.29) is 0 Å². The second-order valence-electron chi connectivity index (χ2n) is 5.74. The van der Waals surface area contributed by atoms with Gasteiger partial charge in [-0.2, -0.15) is 0 Å². The minimum Gasteiger partial charge on any atom is -0.497 e. The fourth-order valence-corrected chi connectivity index (χ4v) is 3.09. The Balaban J connectivity index is 1.64. The molecule has 1 heterocycles. The van der Waals surface area contributed by atoms with Gasteiger partial charge in [0.15, 0.2) is 5.13 Å². The molecule has 0 amide bonds. The van der Waals surface area contributed by atoms with Gasteiger partial charge in [0.25, 0.3) is 0 Å². The summed E-state index contributed by atoms with van der Waals surface area (Å²) in [5.41, 5.74) is 4.52. The minimum absolute atomic E-state index is 0.821. The van der Waals surface area contributed by atoms with E-state index in [0.29, 0.717) is 0 Å². The van der Waals surface area contributed by atoms with E-state index < -0.39 is 0 Å². The highest BCUT2D eigenvalue weighted by molar-refractivity contribution is 7.13. The summed E-state index contributed by atoms with van der Waals surface area (Å²) in [6.07, 6.45) is 0.821. The molecule has 0 spiro atoms. The molecule has 3 rings (SSSR count). The molecule has 0 aliphatic carbocycles. The van der Waals surface area contributed by atoms with Crippen molar-refractivity contribution in [3.63, 3.8) is 0 Å². The van der Waals surface area contributed by atoms with E-state index in [2.05, 4.69) is 57.0 Å². The van der Waals surface area contributed by atoms with Crippen molar-refractivity contribution in [2.24, 2.45) is 0 Å². The van der Waals surface area contributed by atoms with Crippen molar-refractivity contribution in [3.05, 3.63) is 65.2 Å². The molecule has 0 unspecified atom stereocenters. The lowest BCUT2D eigenvalue weighted by Crippen LogP contribution is -2.08. The van der Waals surface area contributed by atoms with Crippen LogP contribution in [0.4, 0.5) is 16.5 Å². The summed E-state index contributed by atoms with van der Waals surface area (Å²) in [5.74, 6) is 0.876. The smallest absolute Gasteiger partial charge is 0.187 e. The van der Waals surface area contributed by atoms with Gasteiger partial charge < -0.3 is 15.0 Å². The number of anilines is 3. The zero-order chi connectivity index (χ0) is 16.9. The van der Waals surface area contributed by atoms with E-state index in [4.69, 9.17) is 4.74 Å². The number of benzene rings is 2. The van der Waals surface area contributed by atoms with E-state index in [1.807, 2.05) is 26.2 Å². The Bertz CT molecular complexity index is 779. The molecule has 24 heavy (non-hydrogen) atoms. The summed E-state index contributed by atoms with van der Waals surface area (Å²) in [6.45, 7) is 0. The molecule has 0 aliphatic rings. The Kier molecular flexibility index (Phi) is 5.01. The maximum Gasteiger partial charge on any atom is 0.187 e. The van der Waals surface area contributed by atoms with Gasteiger partial charge in [0.2, 0.25) is 0 Å². The SMILES string of the molecule is COc1ccc(Cc2csc(Nc3ccc(N(C)C)cc3)n2)cc1. The average Bonchev–Trinajstić information content (AvgIpc) is 3.03. The van der Waals surface area contributed by atoms with Crippen molar-refractivity contribution in [3.8, 4) is 5.75 Å². The number of rotatable bonds is 6. The number of nitrogens with zero attached hydrogens (tertiary/aromatic N) is 2. The molecular formula is C19H21N3OS. The van der Waals surface area contributed by atoms with Crippen molar-refractivity contribution >= 4 is 27.8 Å². The first kappa shape index (κ1) is 16.3. The van der Waals surface area contributed by atoms with Crippen LogP contribution >= 0.6 is 11.3 Å². The molecule has 0 saturated heterocycles. The van der Waals surface area contributed by atoms with Crippen LogP contribution in [0.25, 0.3) is 0 Å². The highest BCUT2D eigenvalue weighted by Gasteiger charge is 2.05. The molecule has 4 nitrogen and oxygen atoms in total. The van der Waals surface area contributed by atoms with Crippen LogP contribution in [-0.4, -0.2) is 26.2 Å². The highest BCUT2D eigenvalue weighted by Crippen LogP contribution is 2.24. The lowest BCUT2D eigenvalue weighted by atomic mass is 10.1. The Morgan fingerprint density at radius 2 is 1.75 bits per heavy atom. The zero-order valence-corrected chi connectivity index (χ0v) is 14.9. The van der Waals surface area contributed by atoms with Crippen LogP contribution in [0.3, 0.4) is 0 Å². The Hall–Kier alpha value is -2.53. The van der Waals surface area contributed by atoms with Gasteiger partial charge in [-0.3, -0.25) is 0 Å². The molecular weight excluding hydrogens is 318 g/mol. The van der Waals surface area contributed by atoms with Crippen LogP contribution in [-0.2, 0) is 6.42 Å². The molecule has 1 aromatic heterocycles. The van der Waals surface area contributed by atoms with Gasteiger partial charge in [0, 0.05) is 37.3 Å². The third kappa shape index (κ3) is 4.06. The van der Waals surface area contributed by atoms with Gasteiger partial charge in [0.1, 0.15) is 5.75 Å². The maximum absolute atomic E-state index is 5.19. The molecule has 5 heteroatoms. The van der Waals surface area contributed by atoms with Crippen molar-refractivity contribution < 1.29 is 4.74 Å². The average molecular weight is 339 g/mol. The molecule has 3 aromatic rings. The van der Waals surface area contributed by atoms with Crippen molar-refractivity contribution in [2.75, 3.05) is 31.4 Å². The first-order chi connectivity index (χ1) is 11.6. The quantitative estimate of drug-likeness (QED) is 0.715. The molecule has 0 atom stereocenters. The second kappa shape index (κ2) is 7.36. The normalized spacial score (nSPS) is 10.5. The Labute approximate surface area is 146 Å². The fourth-order valence-electron chi connectivity index (χ4n) is 2.36. The molecule has 1 N–H and O–H groups in total. The number of nitrogens with one attached hydrogen (secondary N) is 1. The molecule has 0 radical (unpaired) electrons. The molecule has 0 aliphatic heterocycles. The molecule has 0 saturated carbocycles. The van der Waals surface area contributed by atoms with Crippen LogP contribution in [0.5, 0.6) is 5.75 Å². The van der Waals surface area contributed by atoms with Crippen LogP contribution in [0, 0.1) is 0 Å². The lowest BCUT2D eigenvalue weighted by Gasteiger charge is -2.12. The molecule has 0 bridgehead atoms. The van der Waals surface area contributed by atoms with E-state index in [9.17, 15) is 0 Å². The summed E-state index contributed by atoms with van der Waals surface area (Å²) in [4.78, 5) is 6.75. The summed E-state index contributed by atoms with van der Waals surface area (Å²) in [6, 6.07) is 16.4. The first-order valence-electron chi connectivity index (χ1n) is 7.76. The molecule has 2 aromatic carbocycles. The molecule has 0 fully saturated rings. The van der Waals surface area contributed by atoms with E-state index in [0.717, 1.165) is 28.7 Å². The predicted octanol–water partition coefficient (Wildman–Crippen LogP) is 4.55. The Morgan fingerprint density at radius 3 is 2.38 bits per heavy atom. The number of hydrogen-bond acceptors (Lipinski definition) is 5. The standard InChI is InChI=1S/C19H21N3OS/c1-22(2)17-8-6-15(7-9-17)20-19-21-16(13-24-19)12-14-4-10-18(23-3)11-5-14/h4-11,13H,12H2,1-3H3,(H,20,21). The van der Waals surface area contributed by atoms with Crippen LogP contribution in [0.2, 0.25) is 0 Å². The summed E-state index contributed by atoms with van der Waals surface area (Å²) in [5, 5.41) is 6.37. The van der Waals surface area contributed by atoms with Crippen LogP contribution in [0.15, 0.2) is 53.9 Å². The van der Waals surface area contributed by atoms with Crippen molar-refractivity contribution in [2.45, 2.75) is 6.42 Å². The second-order valence-corrected chi connectivity index (χ2v) is 6.59. The summed E-state index contributed by atoms with van der Waals surface area (Å²) >= 11 is 1.62. The first-order valence-corrected chi connectivity index (χ1v) is 8.64. The van der Waals surface area contributed by atoms with Crippen LogP contribution < -0.4 is 15.0 Å². The Morgan fingerprint density at radius 1 is 1.04 bits per heavy atom. The third-order valence-corrected chi connectivity index (χ3v) is 4.54. The minimum atomic E-state index is 0.821. The predicted molar refractivity (Wildman–Crippen MR) is 102 cm³/mol. The van der Waals surface area contributed by atoms with Gasteiger partial charge in [-0.15, -0.1) is 11.3 Å². The van der Waals surface area contributed by atoms with E-state index in [1.54, 1.807) is 18.4 Å². The van der Waals surface area contributed by atoms with E-state index >= 15 is 0 Å². The maximum atomic E-state index is 5.19. The fraction of sp³-hybridized carbons (Fsp3) is 0.211. The van der Waals surface area contributed by atoms with Crippen molar-refractivity contribution in [1.29, 1.82) is 0 Å². The number of ether oxygens (including phenoxy) is 1. The molecule has 124 valence electrons. The monoisotopic (exact) mass is 339 g/mol. The number of methoxy groups -OCH3 is 1. The van der Waals surface area contributed by atoms with Crippen molar-refractivity contribution in [1.82, 2.24) is 4.98 Å². The number of thiazole rings is 1. The number of aromatic nitrogens is 1.